The number of rotatable bonds is 6. The van der Waals surface area contributed by atoms with Crippen LogP contribution in [0.15, 0.2) is 85.2 Å². The molecule has 0 aliphatic rings. The molecule has 0 fully saturated rings. The van der Waals surface area contributed by atoms with E-state index >= 15 is 0 Å². The number of fused-ring (bicyclic) bond motifs is 1. The molecular formula is C25H21N3O2. The molecule has 1 amide bonds. The Morgan fingerprint density at radius 1 is 0.967 bits per heavy atom. The van der Waals surface area contributed by atoms with Crippen LogP contribution in [0, 0.1) is 6.92 Å². The van der Waals surface area contributed by atoms with Crippen molar-refractivity contribution < 1.29 is 9.53 Å². The molecular weight excluding hydrogens is 374 g/mol. The smallest absolute Gasteiger partial charge is 0.248 e. The lowest BCUT2D eigenvalue weighted by Crippen LogP contribution is -2.08. The number of hydrogen-bond acceptors (Lipinski definition) is 4. The largest absolute Gasteiger partial charge is 0.487 e. The van der Waals surface area contributed by atoms with E-state index in [2.05, 4.69) is 15.3 Å². The highest BCUT2D eigenvalue weighted by atomic mass is 16.5. The third-order valence-corrected chi connectivity index (χ3v) is 4.65. The van der Waals surface area contributed by atoms with Gasteiger partial charge in [0.1, 0.15) is 12.4 Å². The number of benzene rings is 2. The number of carbonyl (C=O) groups is 1. The van der Waals surface area contributed by atoms with Crippen LogP contribution in [0.3, 0.4) is 0 Å². The van der Waals surface area contributed by atoms with Crippen molar-refractivity contribution in [3.8, 4) is 5.75 Å². The number of nitrogens with zero attached hydrogens (tertiary/aromatic N) is 2. The molecule has 0 saturated carbocycles. The molecule has 1 N–H and O–H groups in total. The molecule has 4 aromatic rings. The Hall–Kier alpha value is -3.99. The Morgan fingerprint density at radius 3 is 2.60 bits per heavy atom. The number of nitrogens with one attached hydrogen (secondary N) is 1. The number of amides is 1. The van der Waals surface area contributed by atoms with Crippen LogP contribution >= 0.6 is 0 Å². The first-order valence-electron chi connectivity index (χ1n) is 9.65. The Labute approximate surface area is 175 Å². The van der Waals surface area contributed by atoms with E-state index in [1.807, 2.05) is 73.7 Å². The zero-order valence-corrected chi connectivity index (χ0v) is 16.6. The summed E-state index contributed by atoms with van der Waals surface area (Å²) in [6.45, 7) is 2.42. The first-order valence-corrected chi connectivity index (χ1v) is 9.65. The van der Waals surface area contributed by atoms with E-state index in [0.717, 1.165) is 39.2 Å². The highest BCUT2D eigenvalue weighted by Gasteiger charge is 2.06. The van der Waals surface area contributed by atoms with Crippen molar-refractivity contribution >= 4 is 28.6 Å². The fourth-order valence-electron chi connectivity index (χ4n) is 3.09. The van der Waals surface area contributed by atoms with Crippen molar-refractivity contribution in [2.24, 2.45) is 0 Å². The SMILES string of the molecule is Cc1ccc(NC(=O)/C=C/c2ccc(OCc3ccccn3)cc2)c2cccnc12. The third kappa shape index (κ3) is 4.70. The van der Waals surface area contributed by atoms with E-state index in [9.17, 15) is 4.79 Å². The molecule has 2 heterocycles. The molecule has 0 atom stereocenters. The lowest BCUT2D eigenvalue weighted by molar-refractivity contribution is -0.111. The highest BCUT2D eigenvalue weighted by molar-refractivity contribution is 6.07. The van der Waals surface area contributed by atoms with Gasteiger partial charge in [-0.2, -0.15) is 0 Å². The zero-order valence-electron chi connectivity index (χ0n) is 16.6. The van der Waals surface area contributed by atoms with E-state index in [-0.39, 0.29) is 5.91 Å². The summed E-state index contributed by atoms with van der Waals surface area (Å²) in [7, 11) is 0. The summed E-state index contributed by atoms with van der Waals surface area (Å²) in [5.74, 6) is 0.556. The van der Waals surface area contributed by atoms with Crippen molar-refractivity contribution in [2.45, 2.75) is 13.5 Å². The summed E-state index contributed by atoms with van der Waals surface area (Å²) in [5.41, 5.74) is 4.49. The number of aromatic nitrogens is 2. The molecule has 0 aliphatic heterocycles. The average Bonchev–Trinajstić information content (AvgIpc) is 2.80. The van der Waals surface area contributed by atoms with Gasteiger partial charge >= 0.3 is 0 Å². The van der Waals surface area contributed by atoms with Gasteiger partial charge in [0.05, 0.1) is 16.9 Å². The fourth-order valence-corrected chi connectivity index (χ4v) is 3.09. The third-order valence-electron chi connectivity index (χ3n) is 4.65. The first-order chi connectivity index (χ1) is 14.7. The maximum atomic E-state index is 12.4. The minimum atomic E-state index is -0.195. The number of carbonyl (C=O) groups excluding carboxylic acids is 1. The van der Waals surface area contributed by atoms with Gasteiger partial charge in [-0.25, -0.2) is 0 Å². The van der Waals surface area contributed by atoms with E-state index in [0.29, 0.717) is 6.61 Å². The van der Waals surface area contributed by atoms with Gasteiger partial charge in [0.25, 0.3) is 0 Å². The first kappa shape index (κ1) is 19.3. The summed E-state index contributed by atoms with van der Waals surface area (Å²) in [5, 5.41) is 3.86. The van der Waals surface area contributed by atoms with Crippen LogP contribution in [0.4, 0.5) is 5.69 Å². The molecule has 0 spiro atoms. The summed E-state index contributed by atoms with van der Waals surface area (Å²) < 4.78 is 5.73. The molecule has 5 heteroatoms. The van der Waals surface area contributed by atoms with Gasteiger partial charge in [0.2, 0.25) is 5.91 Å². The monoisotopic (exact) mass is 395 g/mol. The van der Waals surface area contributed by atoms with E-state index in [1.165, 1.54) is 6.08 Å². The van der Waals surface area contributed by atoms with Crippen LogP contribution in [0.25, 0.3) is 17.0 Å². The van der Waals surface area contributed by atoms with E-state index in [4.69, 9.17) is 4.74 Å². The number of anilines is 1. The predicted molar refractivity (Wildman–Crippen MR) is 119 cm³/mol. The van der Waals surface area contributed by atoms with Crippen LogP contribution in [0.5, 0.6) is 5.75 Å². The summed E-state index contributed by atoms with van der Waals surface area (Å²) in [6, 6.07) is 21.0. The fraction of sp³-hybridized carbons (Fsp3) is 0.0800. The minimum Gasteiger partial charge on any atom is -0.487 e. The second-order valence-corrected chi connectivity index (χ2v) is 6.83. The molecule has 0 unspecified atom stereocenters. The van der Waals surface area contributed by atoms with Crippen molar-refractivity contribution in [1.29, 1.82) is 0 Å². The Morgan fingerprint density at radius 2 is 1.80 bits per heavy atom. The van der Waals surface area contributed by atoms with Crippen molar-refractivity contribution in [2.75, 3.05) is 5.32 Å². The molecule has 5 nitrogen and oxygen atoms in total. The van der Waals surface area contributed by atoms with Gasteiger partial charge < -0.3 is 10.1 Å². The van der Waals surface area contributed by atoms with Gasteiger partial charge in [-0.1, -0.05) is 24.3 Å². The summed E-state index contributed by atoms with van der Waals surface area (Å²) >= 11 is 0. The minimum absolute atomic E-state index is 0.195. The lowest BCUT2D eigenvalue weighted by atomic mass is 10.1. The summed E-state index contributed by atoms with van der Waals surface area (Å²) in [4.78, 5) is 21.0. The van der Waals surface area contributed by atoms with Crippen LogP contribution in [-0.2, 0) is 11.4 Å². The molecule has 0 radical (unpaired) electrons. The highest BCUT2D eigenvalue weighted by Crippen LogP contribution is 2.24. The van der Waals surface area contributed by atoms with Gasteiger partial charge in [-0.15, -0.1) is 0 Å². The van der Waals surface area contributed by atoms with Gasteiger partial charge in [-0.3, -0.25) is 14.8 Å². The Bertz CT molecular complexity index is 1190. The van der Waals surface area contributed by atoms with Crippen LogP contribution in [0.2, 0.25) is 0 Å². The number of pyridine rings is 2. The molecule has 30 heavy (non-hydrogen) atoms. The molecule has 0 bridgehead atoms. The molecule has 148 valence electrons. The maximum absolute atomic E-state index is 12.4. The van der Waals surface area contributed by atoms with Crippen LogP contribution in [0.1, 0.15) is 16.8 Å². The van der Waals surface area contributed by atoms with Crippen LogP contribution < -0.4 is 10.1 Å². The second-order valence-electron chi connectivity index (χ2n) is 6.83. The quantitative estimate of drug-likeness (QED) is 0.458. The Kier molecular flexibility index (Phi) is 5.80. The van der Waals surface area contributed by atoms with Crippen LogP contribution in [-0.4, -0.2) is 15.9 Å². The zero-order chi connectivity index (χ0) is 20.8. The van der Waals surface area contributed by atoms with Gasteiger partial charge in [-0.05, 0) is 66.6 Å². The second kappa shape index (κ2) is 9.01. The number of ether oxygens (including phenoxy) is 1. The molecule has 0 aliphatic carbocycles. The van der Waals surface area contributed by atoms with Crippen molar-refractivity contribution in [3.63, 3.8) is 0 Å². The predicted octanol–water partition coefficient (Wildman–Crippen LogP) is 5.17. The van der Waals surface area contributed by atoms with Gasteiger partial charge in [0, 0.05) is 23.9 Å². The average molecular weight is 395 g/mol. The Balaban J connectivity index is 1.38. The topological polar surface area (TPSA) is 64.1 Å². The van der Waals surface area contributed by atoms with Crippen molar-refractivity contribution in [3.05, 3.63) is 102 Å². The van der Waals surface area contributed by atoms with Gasteiger partial charge in [0.15, 0.2) is 0 Å². The lowest BCUT2D eigenvalue weighted by Gasteiger charge is -2.08. The molecule has 2 aromatic heterocycles. The van der Waals surface area contributed by atoms with E-state index < -0.39 is 0 Å². The summed E-state index contributed by atoms with van der Waals surface area (Å²) in [6.07, 6.45) is 6.79. The maximum Gasteiger partial charge on any atom is 0.248 e. The van der Waals surface area contributed by atoms with Crippen molar-refractivity contribution in [1.82, 2.24) is 9.97 Å². The number of aryl methyl sites for hydroxylation is 1. The van der Waals surface area contributed by atoms with E-state index in [1.54, 1.807) is 18.5 Å². The number of hydrogen-bond donors (Lipinski definition) is 1. The molecule has 0 saturated heterocycles. The molecule has 4 rings (SSSR count). The molecule has 2 aromatic carbocycles. The standard InChI is InChI=1S/C25H21N3O2/c1-18-7-13-23(22-6-4-16-27-25(18)22)28-24(29)14-10-19-8-11-21(12-9-19)30-17-20-5-2-3-15-26-20/h2-16H,17H2,1H3,(H,28,29)/b14-10+. The normalized spacial score (nSPS) is 11.0.